The Balaban J connectivity index is 1.46. The molecule has 240 valence electrons. The van der Waals surface area contributed by atoms with Crippen LogP contribution in [0.4, 0.5) is 0 Å². The Morgan fingerprint density at radius 1 is 0.841 bits per heavy atom. The van der Waals surface area contributed by atoms with E-state index in [2.05, 4.69) is 0 Å². The number of benzene rings is 2. The van der Waals surface area contributed by atoms with Crippen LogP contribution in [0.15, 0.2) is 42.5 Å². The van der Waals surface area contributed by atoms with Crippen molar-refractivity contribution in [3.05, 3.63) is 53.6 Å². The van der Waals surface area contributed by atoms with Gasteiger partial charge in [0.05, 0.1) is 19.3 Å². The minimum Gasteiger partial charge on any atom is -0.504 e. The zero-order valence-corrected chi connectivity index (χ0v) is 23.3. The maximum absolute atomic E-state index is 12.9. The van der Waals surface area contributed by atoms with Crippen LogP contribution in [-0.2, 0) is 33.2 Å². The molecule has 0 spiro atoms. The topological polar surface area (TPSA) is 234 Å². The van der Waals surface area contributed by atoms with E-state index in [9.17, 15) is 45.6 Å². The highest BCUT2D eigenvalue weighted by Gasteiger charge is 2.54. The van der Waals surface area contributed by atoms with Crippen LogP contribution in [0.2, 0.25) is 0 Å². The molecule has 3 saturated heterocycles. The summed E-state index contributed by atoms with van der Waals surface area (Å²) in [5, 5.41) is 82.1. The maximum atomic E-state index is 12.9. The van der Waals surface area contributed by atoms with Crippen molar-refractivity contribution in [2.24, 2.45) is 0 Å². The van der Waals surface area contributed by atoms with E-state index in [4.69, 9.17) is 28.4 Å². The molecule has 0 aliphatic carbocycles. The van der Waals surface area contributed by atoms with Crippen LogP contribution in [0.25, 0.3) is 6.08 Å². The number of hydrogen-bond acceptors (Lipinski definition) is 15. The van der Waals surface area contributed by atoms with Gasteiger partial charge in [0.1, 0.15) is 42.7 Å². The molecule has 15 heteroatoms. The summed E-state index contributed by atoms with van der Waals surface area (Å²) < 4.78 is 35.0. The first-order valence-corrected chi connectivity index (χ1v) is 13.8. The van der Waals surface area contributed by atoms with Gasteiger partial charge >= 0.3 is 5.97 Å². The van der Waals surface area contributed by atoms with Gasteiger partial charge in [-0.25, -0.2) is 4.79 Å². The van der Waals surface area contributed by atoms with Crippen LogP contribution in [0, 0.1) is 0 Å². The van der Waals surface area contributed by atoms with Crippen LogP contribution in [0.3, 0.4) is 0 Å². The van der Waals surface area contributed by atoms with E-state index >= 15 is 0 Å². The molecule has 0 radical (unpaired) electrons. The lowest BCUT2D eigenvalue weighted by Gasteiger charge is -2.49. The first-order chi connectivity index (χ1) is 21.0. The van der Waals surface area contributed by atoms with Gasteiger partial charge < -0.3 is 69.3 Å². The Kier molecular flexibility index (Phi) is 9.59. The second-order valence-electron chi connectivity index (χ2n) is 10.7. The zero-order chi connectivity index (χ0) is 31.7. The Bertz CT molecular complexity index is 1350. The minimum absolute atomic E-state index is 0.290. The fourth-order valence-electron chi connectivity index (χ4n) is 5.19. The third-order valence-electron chi connectivity index (χ3n) is 7.64. The van der Waals surface area contributed by atoms with Crippen molar-refractivity contribution in [2.75, 3.05) is 13.2 Å². The quantitative estimate of drug-likeness (QED) is 0.119. The number of aromatic hydroxyl groups is 4. The molecule has 44 heavy (non-hydrogen) atoms. The predicted molar refractivity (Wildman–Crippen MR) is 145 cm³/mol. The fourth-order valence-corrected chi connectivity index (χ4v) is 5.19. The van der Waals surface area contributed by atoms with Crippen LogP contribution in [0.5, 0.6) is 23.0 Å². The monoisotopic (exact) mass is 622 g/mol. The van der Waals surface area contributed by atoms with Crippen molar-refractivity contribution in [2.45, 2.75) is 74.4 Å². The number of phenolic OH excluding ortho intramolecular Hbond substituents is 4. The number of ether oxygens (including phenoxy) is 6. The first-order valence-electron chi connectivity index (χ1n) is 13.8. The van der Waals surface area contributed by atoms with E-state index in [-0.39, 0.29) is 18.1 Å². The van der Waals surface area contributed by atoms with Crippen molar-refractivity contribution in [1.82, 2.24) is 0 Å². The van der Waals surface area contributed by atoms with Gasteiger partial charge in [-0.15, -0.1) is 0 Å². The number of aliphatic hydroxyl groups excluding tert-OH is 4. The molecule has 3 aliphatic rings. The molecule has 3 aliphatic heterocycles. The van der Waals surface area contributed by atoms with E-state index in [1.807, 2.05) is 0 Å². The maximum Gasteiger partial charge on any atom is 0.331 e. The summed E-state index contributed by atoms with van der Waals surface area (Å²) in [6, 6.07) is 7.73. The van der Waals surface area contributed by atoms with Crippen LogP contribution in [0.1, 0.15) is 24.2 Å². The second-order valence-corrected chi connectivity index (χ2v) is 10.7. The fraction of sp³-hybridized carbons (Fsp3) is 0.483. The third-order valence-corrected chi connectivity index (χ3v) is 7.64. The molecule has 2 aromatic carbocycles. The highest BCUT2D eigenvalue weighted by molar-refractivity contribution is 5.87. The third kappa shape index (κ3) is 6.61. The lowest BCUT2D eigenvalue weighted by molar-refractivity contribution is -0.372. The second kappa shape index (κ2) is 13.2. The molecule has 15 nitrogen and oxygen atoms in total. The number of carbonyl (C=O) groups excluding carboxylic acids is 1. The van der Waals surface area contributed by atoms with E-state index in [1.165, 1.54) is 49.4 Å². The number of rotatable bonds is 5. The minimum atomic E-state index is -1.70. The lowest BCUT2D eigenvalue weighted by atomic mass is 9.95. The van der Waals surface area contributed by atoms with Crippen LogP contribution >= 0.6 is 0 Å². The summed E-state index contributed by atoms with van der Waals surface area (Å²) in [6.45, 7) is 0.486. The molecule has 11 atom stereocenters. The molecule has 0 saturated carbocycles. The summed E-state index contributed by atoms with van der Waals surface area (Å²) in [4.78, 5) is 12.9. The average Bonchev–Trinajstić information content (AvgIpc) is 2.99. The van der Waals surface area contributed by atoms with E-state index in [0.717, 1.165) is 6.08 Å². The summed E-state index contributed by atoms with van der Waals surface area (Å²) >= 11 is 0. The molecule has 3 fully saturated rings. The van der Waals surface area contributed by atoms with E-state index in [0.29, 0.717) is 11.1 Å². The van der Waals surface area contributed by atoms with Gasteiger partial charge in [0.2, 0.25) is 0 Å². The molecule has 2 bridgehead atoms. The van der Waals surface area contributed by atoms with Crippen molar-refractivity contribution >= 4 is 12.0 Å². The number of phenols is 4. The Morgan fingerprint density at radius 2 is 1.55 bits per heavy atom. The van der Waals surface area contributed by atoms with Gasteiger partial charge in [0, 0.05) is 6.08 Å². The van der Waals surface area contributed by atoms with Gasteiger partial charge in [-0.2, -0.15) is 0 Å². The largest absolute Gasteiger partial charge is 0.504 e. The van der Waals surface area contributed by atoms with Crippen molar-refractivity contribution in [3.63, 3.8) is 0 Å². The molecular weight excluding hydrogens is 588 g/mol. The summed E-state index contributed by atoms with van der Waals surface area (Å²) in [6.07, 6.45) is -13.0. The number of hydrogen-bond donors (Lipinski definition) is 8. The van der Waals surface area contributed by atoms with Crippen molar-refractivity contribution in [3.8, 4) is 23.0 Å². The molecular formula is C29H34O15. The highest BCUT2D eigenvalue weighted by Crippen LogP contribution is 2.37. The average molecular weight is 623 g/mol. The number of aliphatic hydroxyl groups is 4. The van der Waals surface area contributed by atoms with Gasteiger partial charge in [-0.1, -0.05) is 12.1 Å². The standard InChI is InChI=1S/C29H34O15/c1-12-22(36)23(37)27-29(40-12)39-11-20(14-4-6-16(32)18(34)9-14)42-28-24(38)26(44-27)25(19(10-30)41-28)43-21(35)7-3-13-2-5-15(31)17(33)8-13/h2-9,12,19-20,22-34,36-38H,10-11H2,1H3/b7-3+/t12-,19+,20+,22-,23-,24+,25-,26+,27+,28-,29+/m1/s1. The van der Waals surface area contributed by atoms with E-state index in [1.54, 1.807) is 0 Å². The molecule has 8 N–H and O–H groups in total. The van der Waals surface area contributed by atoms with Crippen LogP contribution in [-0.4, -0.2) is 121 Å². The van der Waals surface area contributed by atoms with Gasteiger partial charge in [0.15, 0.2) is 41.7 Å². The SMILES string of the molecule is C[C@H]1O[C@@H]2OC[C@@H](c3ccc(O)c(O)c3)O[C@H]3O[C@@H](CO)[C@@H](OC(=O)/C=C/c4ccc(O)c(O)c4)[C@@H](O[C@H]2[C@H](O)[C@@H]1O)[C@@H]3O. The number of carbonyl (C=O) groups is 1. The number of esters is 1. The lowest BCUT2D eigenvalue weighted by Crippen LogP contribution is -2.66. The molecule has 5 rings (SSSR count). The molecule has 2 aromatic rings. The smallest absolute Gasteiger partial charge is 0.331 e. The molecule has 0 unspecified atom stereocenters. The summed E-state index contributed by atoms with van der Waals surface area (Å²) in [5.74, 6) is -2.57. The summed E-state index contributed by atoms with van der Waals surface area (Å²) in [5.41, 5.74) is 0.644. The predicted octanol–water partition coefficient (Wildman–Crippen LogP) is -0.479. The van der Waals surface area contributed by atoms with Gasteiger partial charge in [0.25, 0.3) is 0 Å². The van der Waals surface area contributed by atoms with E-state index < -0.39 is 91.6 Å². The zero-order valence-electron chi connectivity index (χ0n) is 23.3. The van der Waals surface area contributed by atoms with Crippen molar-refractivity contribution < 1.29 is 74.1 Å². The molecule has 3 heterocycles. The molecule has 0 aromatic heterocycles. The summed E-state index contributed by atoms with van der Waals surface area (Å²) in [7, 11) is 0. The normalized spacial score (nSPS) is 36.0. The Morgan fingerprint density at radius 3 is 2.23 bits per heavy atom. The molecule has 0 amide bonds. The first kappa shape index (κ1) is 31.9. The van der Waals surface area contributed by atoms with Gasteiger partial charge in [-0.05, 0) is 48.4 Å². The Hall–Kier alpha value is -3.51. The number of fused-ring (bicyclic) bond motifs is 3. The Labute approximate surface area is 250 Å². The van der Waals surface area contributed by atoms with Gasteiger partial charge in [-0.3, -0.25) is 0 Å². The van der Waals surface area contributed by atoms with Crippen molar-refractivity contribution in [1.29, 1.82) is 0 Å². The highest BCUT2D eigenvalue weighted by atomic mass is 16.8. The van der Waals surface area contributed by atoms with Crippen LogP contribution < -0.4 is 0 Å².